The Hall–Kier alpha value is -4.74. The zero-order chi connectivity index (χ0) is 30.2. The van der Waals surface area contributed by atoms with Gasteiger partial charge in [0.05, 0.1) is 12.4 Å². The second-order valence-corrected chi connectivity index (χ2v) is 8.80. The first-order valence-electron chi connectivity index (χ1n) is 12.2. The lowest BCUT2D eigenvalue weighted by molar-refractivity contribution is -0.143. The summed E-state index contributed by atoms with van der Waals surface area (Å²) in [6.07, 6.45) is 1.59. The zero-order valence-corrected chi connectivity index (χ0v) is 21.7. The predicted molar refractivity (Wildman–Crippen MR) is 139 cm³/mol. The number of aromatic amines is 1. The number of imidazole rings is 1. The summed E-state index contributed by atoms with van der Waals surface area (Å²) in [6, 6.07) is -5.32. The van der Waals surface area contributed by atoms with Crippen molar-refractivity contribution in [2.75, 3.05) is 6.54 Å². The molecule has 0 bridgehead atoms. The molecule has 18 heteroatoms. The van der Waals surface area contributed by atoms with E-state index in [1.807, 2.05) is 0 Å². The highest BCUT2D eigenvalue weighted by molar-refractivity contribution is 5.94. The molecule has 4 atom stereocenters. The fourth-order valence-electron chi connectivity index (χ4n) is 3.40. The van der Waals surface area contributed by atoms with Crippen molar-refractivity contribution in [2.24, 2.45) is 27.9 Å². The minimum absolute atomic E-state index is 0.00869. The number of rotatable bonds is 19. The van der Waals surface area contributed by atoms with Gasteiger partial charge in [0, 0.05) is 37.7 Å². The third kappa shape index (κ3) is 13.2. The van der Waals surface area contributed by atoms with E-state index in [1.165, 1.54) is 12.5 Å². The molecule has 1 aromatic heterocycles. The van der Waals surface area contributed by atoms with E-state index in [4.69, 9.17) is 28.0 Å². The number of carboxylic acids is 2. The van der Waals surface area contributed by atoms with Crippen molar-refractivity contribution in [2.45, 2.75) is 69.1 Å². The number of nitrogens with two attached hydrogens (primary N) is 4. The fourth-order valence-corrected chi connectivity index (χ4v) is 3.40. The molecule has 0 aliphatic carbocycles. The number of aliphatic imine (C=N–C) groups is 1. The second kappa shape index (κ2) is 17.0. The van der Waals surface area contributed by atoms with Crippen molar-refractivity contribution >= 4 is 41.5 Å². The van der Waals surface area contributed by atoms with Gasteiger partial charge in [-0.05, 0) is 25.7 Å². The van der Waals surface area contributed by atoms with Gasteiger partial charge in [-0.3, -0.25) is 29.0 Å². The summed E-state index contributed by atoms with van der Waals surface area (Å²) in [5.41, 5.74) is 22.2. The fraction of sp³-hybridized carbons (Fsp3) is 0.545. The Labute approximate surface area is 228 Å². The van der Waals surface area contributed by atoms with Gasteiger partial charge in [-0.15, -0.1) is 0 Å². The van der Waals surface area contributed by atoms with Gasteiger partial charge < -0.3 is 54.1 Å². The van der Waals surface area contributed by atoms with Crippen LogP contribution in [-0.4, -0.2) is 92.4 Å². The van der Waals surface area contributed by atoms with Crippen LogP contribution in [0.5, 0.6) is 0 Å². The van der Waals surface area contributed by atoms with E-state index in [-0.39, 0.29) is 44.6 Å². The number of carbonyl (C=O) groups is 6. The third-order valence-corrected chi connectivity index (χ3v) is 5.48. The van der Waals surface area contributed by atoms with Crippen LogP contribution < -0.4 is 38.9 Å². The molecule has 0 fully saturated rings. The lowest BCUT2D eigenvalue weighted by atomic mass is 10.1. The van der Waals surface area contributed by atoms with Crippen LogP contribution in [0, 0.1) is 0 Å². The quantitative estimate of drug-likeness (QED) is 0.0433. The maximum absolute atomic E-state index is 13.2. The number of H-pyrrole nitrogens is 1. The summed E-state index contributed by atoms with van der Waals surface area (Å²) in [5.74, 6) is -6.27. The summed E-state index contributed by atoms with van der Waals surface area (Å²) in [4.78, 5) is 82.9. The zero-order valence-electron chi connectivity index (χ0n) is 21.7. The highest BCUT2D eigenvalue weighted by Gasteiger charge is 2.30. The SMILES string of the molecule is NC(=O)CCC(NC(=O)C(CCC(=O)O)NC(=O)C(CCCN=C(N)N)NC(=O)C(N)Cc1cnc[nH]1)C(=O)O. The molecule has 1 heterocycles. The maximum Gasteiger partial charge on any atom is 0.326 e. The van der Waals surface area contributed by atoms with Crippen LogP contribution in [-0.2, 0) is 35.2 Å². The van der Waals surface area contributed by atoms with Gasteiger partial charge in [-0.25, -0.2) is 9.78 Å². The predicted octanol–water partition coefficient (Wildman–Crippen LogP) is -4.00. The molecule has 4 amide bonds. The smallest absolute Gasteiger partial charge is 0.326 e. The van der Waals surface area contributed by atoms with Crippen molar-refractivity contribution in [3.8, 4) is 0 Å². The monoisotopic (exact) mass is 568 g/mol. The Kier molecular flexibility index (Phi) is 14.1. The molecule has 0 aromatic carbocycles. The van der Waals surface area contributed by atoms with Gasteiger partial charge >= 0.3 is 11.9 Å². The van der Waals surface area contributed by atoms with Gasteiger partial charge in [0.15, 0.2) is 5.96 Å². The number of aromatic nitrogens is 2. The van der Waals surface area contributed by atoms with Crippen molar-refractivity contribution in [3.63, 3.8) is 0 Å². The van der Waals surface area contributed by atoms with Gasteiger partial charge in [-0.1, -0.05) is 0 Å². The van der Waals surface area contributed by atoms with Crippen molar-refractivity contribution in [3.05, 3.63) is 18.2 Å². The highest BCUT2D eigenvalue weighted by Crippen LogP contribution is 2.06. The minimum Gasteiger partial charge on any atom is -0.481 e. The number of nitrogens with zero attached hydrogens (tertiary/aromatic N) is 2. The number of guanidine groups is 1. The van der Waals surface area contributed by atoms with Gasteiger partial charge in [0.2, 0.25) is 23.6 Å². The van der Waals surface area contributed by atoms with Crippen LogP contribution in [0.4, 0.5) is 0 Å². The molecule has 0 aliphatic heterocycles. The number of amides is 4. The molecule has 1 rings (SSSR count). The molecule has 40 heavy (non-hydrogen) atoms. The van der Waals surface area contributed by atoms with E-state index < -0.39 is 72.6 Å². The summed E-state index contributed by atoms with van der Waals surface area (Å²) >= 11 is 0. The Bertz CT molecular complexity index is 1060. The van der Waals surface area contributed by atoms with Gasteiger partial charge in [0.1, 0.15) is 18.1 Å². The number of carbonyl (C=O) groups excluding carboxylic acids is 4. The number of hydrogen-bond donors (Lipinski definition) is 10. The Morgan fingerprint density at radius 3 is 1.98 bits per heavy atom. The highest BCUT2D eigenvalue weighted by atomic mass is 16.4. The molecule has 222 valence electrons. The first kappa shape index (κ1) is 33.3. The molecule has 0 aliphatic rings. The molecular weight excluding hydrogens is 532 g/mol. The van der Waals surface area contributed by atoms with Crippen LogP contribution >= 0.6 is 0 Å². The average Bonchev–Trinajstić information content (AvgIpc) is 3.38. The Morgan fingerprint density at radius 2 is 1.45 bits per heavy atom. The summed E-state index contributed by atoms with van der Waals surface area (Å²) in [7, 11) is 0. The molecule has 0 radical (unpaired) electrons. The van der Waals surface area contributed by atoms with E-state index in [9.17, 15) is 33.9 Å². The molecular formula is C22H36N10O8. The summed E-state index contributed by atoms with van der Waals surface area (Å²) in [5, 5.41) is 25.5. The van der Waals surface area contributed by atoms with Crippen LogP contribution in [0.2, 0.25) is 0 Å². The van der Waals surface area contributed by atoms with E-state index in [2.05, 4.69) is 30.9 Å². The number of hydrogen-bond acceptors (Lipinski definition) is 9. The standard InChI is InChI=1S/C22H36N10O8/c23-12(8-11-9-27-10-29-11)18(36)30-13(2-1-7-28-22(25)26)19(37)31-14(4-6-17(34)35)20(38)32-15(21(39)40)3-5-16(24)33/h9-10,12-15H,1-8,23H2,(H2,24,33)(H,27,29)(H,30,36)(H,31,37)(H,32,38)(H,34,35)(H,39,40)(H4,25,26,28). The van der Waals surface area contributed by atoms with Crippen molar-refractivity contribution in [1.29, 1.82) is 0 Å². The molecule has 0 saturated carbocycles. The first-order chi connectivity index (χ1) is 18.8. The summed E-state index contributed by atoms with van der Waals surface area (Å²) < 4.78 is 0. The first-order valence-corrected chi connectivity index (χ1v) is 12.2. The largest absolute Gasteiger partial charge is 0.481 e. The number of aliphatic carboxylic acids is 2. The Morgan fingerprint density at radius 1 is 0.875 bits per heavy atom. The maximum atomic E-state index is 13.2. The minimum atomic E-state index is -1.53. The molecule has 0 spiro atoms. The van der Waals surface area contributed by atoms with E-state index in [1.54, 1.807) is 0 Å². The molecule has 14 N–H and O–H groups in total. The van der Waals surface area contributed by atoms with Crippen LogP contribution in [0.15, 0.2) is 17.5 Å². The van der Waals surface area contributed by atoms with Crippen molar-refractivity contribution < 1.29 is 39.0 Å². The topological polar surface area (TPSA) is 324 Å². The van der Waals surface area contributed by atoms with Crippen LogP contribution in [0.1, 0.15) is 44.2 Å². The van der Waals surface area contributed by atoms with Crippen molar-refractivity contribution in [1.82, 2.24) is 25.9 Å². The van der Waals surface area contributed by atoms with E-state index in [0.717, 1.165) is 0 Å². The van der Waals surface area contributed by atoms with E-state index in [0.29, 0.717) is 5.69 Å². The van der Waals surface area contributed by atoms with Gasteiger partial charge in [-0.2, -0.15) is 0 Å². The Balaban J connectivity index is 3.04. The third-order valence-electron chi connectivity index (χ3n) is 5.48. The molecule has 18 nitrogen and oxygen atoms in total. The van der Waals surface area contributed by atoms with Crippen LogP contribution in [0.25, 0.3) is 0 Å². The second-order valence-electron chi connectivity index (χ2n) is 8.80. The van der Waals surface area contributed by atoms with E-state index >= 15 is 0 Å². The number of nitrogens with one attached hydrogen (secondary N) is 4. The number of carboxylic acid groups (broad SMARTS) is 2. The lowest BCUT2D eigenvalue weighted by Crippen LogP contribution is -2.57. The lowest BCUT2D eigenvalue weighted by Gasteiger charge is -2.25. The molecule has 0 saturated heterocycles. The summed E-state index contributed by atoms with van der Waals surface area (Å²) in [6.45, 7) is 0.116. The normalized spacial score (nSPS) is 13.6. The van der Waals surface area contributed by atoms with Crippen LogP contribution in [0.3, 0.4) is 0 Å². The molecule has 4 unspecified atom stereocenters. The number of primary amides is 1. The molecule has 1 aromatic rings. The van der Waals surface area contributed by atoms with Gasteiger partial charge in [0.25, 0.3) is 0 Å². The average molecular weight is 569 g/mol.